The van der Waals surface area contributed by atoms with Crippen molar-refractivity contribution in [3.8, 4) is 22.5 Å². The zero-order valence-electron chi connectivity index (χ0n) is 25.6. The summed E-state index contributed by atoms with van der Waals surface area (Å²) in [6, 6.07) is 56.6. The maximum Gasteiger partial charge on any atom is 0.131 e. The Morgan fingerprint density at radius 1 is 0.458 bits per heavy atom. The first kappa shape index (κ1) is 29.7. The van der Waals surface area contributed by atoms with Crippen LogP contribution in [0.1, 0.15) is 0 Å². The quantitative estimate of drug-likeness (QED) is 0.129. The first-order valence-corrected chi connectivity index (χ1v) is 15.7. The summed E-state index contributed by atoms with van der Waals surface area (Å²) in [5.41, 5.74) is 5.65. The summed E-state index contributed by atoms with van der Waals surface area (Å²) in [6.07, 6.45) is 3.69. The number of nitrogens with zero attached hydrogens (tertiary/aromatic N) is 2. The van der Waals surface area contributed by atoms with Crippen LogP contribution < -0.4 is 0 Å². The number of hydrogen-bond donors (Lipinski definition) is 0. The second kappa shape index (κ2) is 12.5. The maximum atomic E-state index is 6.41. The Bertz CT molecular complexity index is 2700. The first-order valence-electron chi connectivity index (χ1n) is 15.7. The zero-order valence-corrected chi connectivity index (χ0v) is 28.0. The number of aromatic nitrogens is 2. The third-order valence-corrected chi connectivity index (χ3v) is 8.87. The molecule has 0 fully saturated rings. The fourth-order valence-electron chi connectivity index (χ4n) is 6.62. The molecule has 7 aromatic carbocycles. The van der Waals surface area contributed by atoms with Gasteiger partial charge in [0.05, 0.1) is 5.58 Å². The van der Waals surface area contributed by atoms with Crippen molar-refractivity contribution in [2.45, 2.75) is 0 Å². The van der Waals surface area contributed by atoms with E-state index in [9.17, 15) is 0 Å². The molecule has 0 aliphatic carbocycles. The molecule has 0 atom stereocenters. The average Bonchev–Trinajstić information content (AvgIpc) is 3.54. The van der Waals surface area contributed by atoms with Gasteiger partial charge in [0.1, 0.15) is 5.58 Å². The van der Waals surface area contributed by atoms with Crippen LogP contribution in [0.5, 0.6) is 0 Å². The second-order valence-corrected chi connectivity index (χ2v) is 11.6. The molecule has 48 heavy (non-hydrogen) atoms. The predicted molar refractivity (Wildman–Crippen MR) is 194 cm³/mol. The summed E-state index contributed by atoms with van der Waals surface area (Å²) >= 11 is 0. The summed E-state index contributed by atoms with van der Waals surface area (Å²) in [4.78, 5) is 9.00. The predicted octanol–water partition coefficient (Wildman–Crippen LogP) is 11.6. The molecule has 0 bridgehead atoms. The normalized spacial score (nSPS) is 11.2. The number of benzene rings is 7. The SMILES string of the molecule is [Ir].[c-]1cc2c(cc1-c1nccc3c1ccc1c4ccccc4ccc31)oc1c3ccccc3ccc21.[c-]1ccccc1-c1ccccn1. The van der Waals surface area contributed by atoms with Crippen LogP contribution in [-0.4, -0.2) is 9.97 Å². The molecule has 3 nitrogen and oxygen atoms in total. The Morgan fingerprint density at radius 3 is 1.96 bits per heavy atom. The van der Waals surface area contributed by atoms with E-state index in [0.717, 1.165) is 55.2 Å². The smallest absolute Gasteiger partial charge is 0.131 e. The standard InChI is InChI=1S/C33H18NO.C11H8N.Ir/c1-3-7-23-20(5-1)9-12-26-25(23)15-16-29-27(26)17-18-34-32(29)22-11-13-28-30-14-10-21-6-2-4-8-24(21)33(30)35-31(28)19-22;1-2-6-10(7-3-1)11-8-4-5-9-12-11;/h1-10,12-19H;1-6,8-9H;/q2*-1;. The summed E-state index contributed by atoms with van der Waals surface area (Å²) in [7, 11) is 0. The van der Waals surface area contributed by atoms with Crippen LogP contribution in [0, 0.1) is 12.1 Å². The molecule has 0 unspecified atom stereocenters. The third kappa shape index (κ3) is 5.12. The summed E-state index contributed by atoms with van der Waals surface area (Å²) in [6.45, 7) is 0. The van der Waals surface area contributed by atoms with Crippen molar-refractivity contribution in [2.24, 2.45) is 0 Å². The molecule has 0 aliphatic rings. The Labute approximate surface area is 290 Å². The molecule has 3 heterocycles. The van der Waals surface area contributed by atoms with Crippen LogP contribution >= 0.6 is 0 Å². The molecule has 0 aliphatic heterocycles. The van der Waals surface area contributed by atoms with E-state index < -0.39 is 0 Å². The van der Waals surface area contributed by atoms with Crippen LogP contribution in [0.4, 0.5) is 0 Å². The molecule has 10 rings (SSSR count). The topological polar surface area (TPSA) is 38.9 Å². The van der Waals surface area contributed by atoms with Gasteiger partial charge in [-0.25, -0.2) is 0 Å². The molecule has 0 N–H and O–H groups in total. The minimum Gasteiger partial charge on any atom is -0.476 e. The van der Waals surface area contributed by atoms with Gasteiger partial charge in [-0.2, -0.15) is 0 Å². The van der Waals surface area contributed by atoms with Gasteiger partial charge in [-0.3, -0.25) is 0 Å². The van der Waals surface area contributed by atoms with Gasteiger partial charge in [-0.05, 0) is 66.6 Å². The van der Waals surface area contributed by atoms with E-state index in [2.05, 4.69) is 114 Å². The molecular formula is C44H26IrN2O-2. The molecule has 4 heteroatoms. The van der Waals surface area contributed by atoms with Crippen molar-refractivity contribution in [3.63, 3.8) is 0 Å². The molecule has 10 aromatic rings. The zero-order chi connectivity index (χ0) is 31.2. The van der Waals surface area contributed by atoms with Gasteiger partial charge in [-0.1, -0.05) is 109 Å². The molecule has 0 amide bonds. The number of fused-ring (bicyclic) bond motifs is 10. The first-order chi connectivity index (χ1) is 23.3. The van der Waals surface area contributed by atoms with Crippen molar-refractivity contribution in [2.75, 3.05) is 0 Å². The number of pyridine rings is 2. The second-order valence-electron chi connectivity index (χ2n) is 11.6. The van der Waals surface area contributed by atoms with Gasteiger partial charge in [0.25, 0.3) is 0 Å². The summed E-state index contributed by atoms with van der Waals surface area (Å²) < 4.78 is 6.41. The van der Waals surface area contributed by atoms with Crippen LogP contribution in [0.15, 0.2) is 162 Å². The van der Waals surface area contributed by atoms with E-state index in [4.69, 9.17) is 9.40 Å². The minimum atomic E-state index is 0. The van der Waals surface area contributed by atoms with Gasteiger partial charge in [-0.15, -0.1) is 53.6 Å². The maximum absolute atomic E-state index is 6.41. The Kier molecular flexibility index (Phi) is 7.74. The average molecular weight is 791 g/mol. The van der Waals surface area contributed by atoms with Crippen molar-refractivity contribution < 1.29 is 24.5 Å². The Hall–Kier alpha value is -5.67. The van der Waals surface area contributed by atoms with E-state index in [1.807, 2.05) is 54.7 Å². The van der Waals surface area contributed by atoms with Gasteiger partial charge in [0, 0.05) is 37.9 Å². The van der Waals surface area contributed by atoms with E-state index in [1.165, 1.54) is 32.3 Å². The fourth-order valence-corrected chi connectivity index (χ4v) is 6.62. The molecule has 0 saturated heterocycles. The van der Waals surface area contributed by atoms with Crippen LogP contribution in [0.25, 0.3) is 87.5 Å². The molecular weight excluding hydrogens is 765 g/mol. The largest absolute Gasteiger partial charge is 0.476 e. The van der Waals surface area contributed by atoms with Crippen LogP contribution in [-0.2, 0) is 20.1 Å². The molecule has 229 valence electrons. The van der Waals surface area contributed by atoms with Crippen LogP contribution in [0.2, 0.25) is 0 Å². The van der Waals surface area contributed by atoms with E-state index in [0.29, 0.717) is 0 Å². The third-order valence-electron chi connectivity index (χ3n) is 8.87. The molecule has 0 saturated carbocycles. The van der Waals surface area contributed by atoms with Crippen molar-refractivity contribution in [1.82, 2.24) is 9.97 Å². The van der Waals surface area contributed by atoms with E-state index >= 15 is 0 Å². The monoisotopic (exact) mass is 791 g/mol. The van der Waals surface area contributed by atoms with Crippen molar-refractivity contribution >= 4 is 65.0 Å². The fraction of sp³-hybridized carbons (Fsp3) is 0. The van der Waals surface area contributed by atoms with Crippen LogP contribution in [0.3, 0.4) is 0 Å². The van der Waals surface area contributed by atoms with Gasteiger partial charge >= 0.3 is 0 Å². The Morgan fingerprint density at radius 2 is 1.15 bits per heavy atom. The van der Waals surface area contributed by atoms with Gasteiger partial charge in [0.2, 0.25) is 0 Å². The summed E-state index contributed by atoms with van der Waals surface area (Å²) in [5.74, 6) is 0. The van der Waals surface area contributed by atoms with Crippen molar-refractivity contribution in [3.05, 3.63) is 170 Å². The van der Waals surface area contributed by atoms with Crippen molar-refractivity contribution in [1.29, 1.82) is 0 Å². The van der Waals surface area contributed by atoms with Gasteiger partial charge < -0.3 is 14.4 Å². The van der Waals surface area contributed by atoms with E-state index in [1.54, 1.807) is 6.20 Å². The van der Waals surface area contributed by atoms with Gasteiger partial charge in [0.15, 0.2) is 0 Å². The minimum absolute atomic E-state index is 0. The number of furan rings is 1. The van der Waals surface area contributed by atoms with E-state index in [-0.39, 0.29) is 20.1 Å². The molecule has 3 aromatic heterocycles. The molecule has 0 spiro atoms. The number of rotatable bonds is 2. The Balaban J connectivity index is 0.000000220. The number of hydrogen-bond acceptors (Lipinski definition) is 3. The summed E-state index contributed by atoms with van der Waals surface area (Å²) in [5, 5.41) is 11.8. The molecule has 1 radical (unpaired) electrons.